The second-order valence-electron chi connectivity index (χ2n) is 6.33. The third-order valence-corrected chi connectivity index (χ3v) is 5.07. The maximum Gasteiger partial charge on any atom is 0.191 e. The Morgan fingerprint density at radius 2 is 1.76 bits per heavy atom. The molecule has 1 aromatic heterocycles. The number of hydrogen-bond acceptors (Lipinski definition) is 4. The van der Waals surface area contributed by atoms with Gasteiger partial charge in [-0.25, -0.2) is 9.98 Å². The summed E-state index contributed by atoms with van der Waals surface area (Å²) in [5.41, 5.74) is 3.04. The number of hydrogen-bond donors (Lipinski definition) is 3. The van der Waals surface area contributed by atoms with Crippen molar-refractivity contribution in [2.45, 2.75) is 26.0 Å². The van der Waals surface area contributed by atoms with E-state index >= 15 is 0 Å². The predicted octanol–water partition coefficient (Wildman–Crippen LogP) is 4.61. The number of thiazole rings is 1. The van der Waals surface area contributed by atoms with Crippen molar-refractivity contribution in [1.82, 2.24) is 15.6 Å². The van der Waals surface area contributed by atoms with Crippen LogP contribution in [0.1, 0.15) is 30.0 Å². The lowest BCUT2D eigenvalue weighted by Crippen LogP contribution is -2.38. The summed E-state index contributed by atoms with van der Waals surface area (Å²) in [4.78, 5) is 9.30. The van der Waals surface area contributed by atoms with Gasteiger partial charge in [0.2, 0.25) is 0 Å². The largest absolute Gasteiger partial charge is 0.388 e. The smallest absolute Gasteiger partial charge is 0.191 e. The van der Waals surface area contributed by atoms with Crippen molar-refractivity contribution < 1.29 is 5.11 Å². The van der Waals surface area contributed by atoms with Gasteiger partial charge in [-0.1, -0.05) is 60.7 Å². The van der Waals surface area contributed by atoms with Crippen molar-refractivity contribution in [3.63, 3.8) is 0 Å². The molecule has 0 bridgehead atoms. The van der Waals surface area contributed by atoms with E-state index in [-0.39, 0.29) is 24.0 Å². The van der Waals surface area contributed by atoms with Crippen molar-refractivity contribution in [3.05, 3.63) is 76.6 Å². The number of aliphatic imine (C=N–C) groups is 1. The molecule has 3 aromatic rings. The van der Waals surface area contributed by atoms with Gasteiger partial charge in [0.25, 0.3) is 0 Å². The summed E-state index contributed by atoms with van der Waals surface area (Å²) in [6, 6.07) is 19.9. The van der Waals surface area contributed by atoms with Crippen LogP contribution < -0.4 is 10.6 Å². The lowest BCUT2D eigenvalue weighted by Gasteiger charge is -2.14. The van der Waals surface area contributed by atoms with E-state index in [9.17, 15) is 5.11 Å². The minimum atomic E-state index is -0.482. The summed E-state index contributed by atoms with van der Waals surface area (Å²) in [7, 11) is 0. The number of nitrogens with zero attached hydrogens (tertiary/aromatic N) is 2. The first kappa shape index (κ1) is 23.3. The highest BCUT2D eigenvalue weighted by Crippen LogP contribution is 2.21. The van der Waals surface area contributed by atoms with E-state index < -0.39 is 6.10 Å². The number of rotatable bonds is 8. The molecule has 0 spiro atoms. The van der Waals surface area contributed by atoms with Gasteiger partial charge in [-0.2, -0.15) is 0 Å². The maximum absolute atomic E-state index is 10.3. The van der Waals surface area contributed by atoms with Crippen molar-refractivity contribution in [2.24, 2.45) is 4.99 Å². The van der Waals surface area contributed by atoms with Crippen molar-refractivity contribution in [1.29, 1.82) is 0 Å². The molecule has 3 N–H and O–H groups in total. The van der Waals surface area contributed by atoms with Gasteiger partial charge in [-0.3, -0.25) is 0 Å². The standard InChI is InChI=1S/C22H26N4OS.HI/c1-2-23-22(24-14-13-20(27)18-11-7-4-8-12-18)25-15-21-26-19(16-28-21)17-9-5-3-6-10-17;/h3-12,16,20,27H,2,13-15H2,1H3,(H2,23,24,25);1H. The maximum atomic E-state index is 10.3. The van der Waals surface area contributed by atoms with Crippen LogP contribution >= 0.6 is 35.3 Å². The van der Waals surface area contributed by atoms with Crippen LogP contribution in [0.3, 0.4) is 0 Å². The molecule has 154 valence electrons. The molecule has 0 saturated heterocycles. The Bertz CT molecular complexity index is 871. The first-order chi connectivity index (χ1) is 13.8. The fraction of sp³-hybridized carbons (Fsp3) is 0.273. The average molecular weight is 522 g/mol. The van der Waals surface area contributed by atoms with E-state index in [0.717, 1.165) is 34.3 Å². The van der Waals surface area contributed by atoms with Gasteiger partial charge < -0.3 is 15.7 Å². The van der Waals surface area contributed by atoms with E-state index in [1.54, 1.807) is 11.3 Å². The van der Waals surface area contributed by atoms with Crippen molar-refractivity contribution in [3.8, 4) is 11.3 Å². The molecule has 0 aliphatic rings. The first-order valence-corrected chi connectivity index (χ1v) is 10.4. The number of benzene rings is 2. The monoisotopic (exact) mass is 522 g/mol. The van der Waals surface area contributed by atoms with Crippen LogP contribution in [0, 0.1) is 0 Å². The minimum absolute atomic E-state index is 0. The lowest BCUT2D eigenvalue weighted by molar-refractivity contribution is 0.168. The quantitative estimate of drug-likeness (QED) is 0.230. The summed E-state index contributed by atoms with van der Waals surface area (Å²) in [5.74, 6) is 0.735. The predicted molar refractivity (Wildman–Crippen MR) is 132 cm³/mol. The zero-order valence-corrected chi connectivity index (χ0v) is 19.6. The van der Waals surface area contributed by atoms with Crippen molar-refractivity contribution >= 4 is 41.3 Å². The molecule has 1 atom stereocenters. The zero-order chi connectivity index (χ0) is 19.6. The molecule has 1 unspecified atom stereocenters. The van der Waals surface area contributed by atoms with E-state index in [2.05, 4.69) is 38.1 Å². The molecule has 0 radical (unpaired) electrons. The van der Waals surface area contributed by atoms with Crippen LogP contribution in [0.25, 0.3) is 11.3 Å². The summed E-state index contributed by atoms with van der Waals surface area (Å²) in [6.07, 6.45) is 0.132. The van der Waals surface area contributed by atoms with Gasteiger partial charge in [0.1, 0.15) is 5.01 Å². The van der Waals surface area contributed by atoms with Crippen LogP contribution in [0.5, 0.6) is 0 Å². The van der Waals surface area contributed by atoms with Gasteiger partial charge in [0, 0.05) is 24.0 Å². The number of nitrogens with one attached hydrogen (secondary N) is 2. The Balaban J connectivity index is 0.00000300. The highest BCUT2D eigenvalue weighted by Gasteiger charge is 2.08. The third-order valence-electron chi connectivity index (χ3n) is 4.23. The fourth-order valence-electron chi connectivity index (χ4n) is 2.78. The molecule has 5 nitrogen and oxygen atoms in total. The summed E-state index contributed by atoms with van der Waals surface area (Å²) in [6.45, 7) is 3.97. The van der Waals surface area contributed by atoms with E-state index in [1.807, 2.05) is 55.5 Å². The van der Waals surface area contributed by atoms with E-state index in [1.165, 1.54) is 0 Å². The Kier molecular flexibility index (Phi) is 10.1. The van der Waals surface area contributed by atoms with Crippen LogP contribution in [-0.2, 0) is 6.54 Å². The molecule has 0 saturated carbocycles. The first-order valence-electron chi connectivity index (χ1n) is 9.51. The Hall–Kier alpha value is -1.97. The number of halogens is 1. The molecule has 0 aliphatic heterocycles. The fourth-order valence-corrected chi connectivity index (χ4v) is 3.51. The summed E-state index contributed by atoms with van der Waals surface area (Å²) < 4.78 is 0. The molecule has 7 heteroatoms. The van der Waals surface area contributed by atoms with Gasteiger partial charge >= 0.3 is 0 Å². The highest BCUT2D eigenvalue weighted by atomic mass is 127. The Morgan fingerprint density at radius 1 is 1.07 bits per heavy atom. The molecule has 29 heavy (non-hydrogen) atoms. The second-order valence-corrected chi connectivity index (χ2v) is 7.27. The van der Waals surface area contributed by atoms with Crippen LogP contribution in [0.2, 0.25) is 0 Å². The number of guanidine groups is 1. The number of aliphatic hydroxyl groups excluding tert-OH is 1. The average Bonchev–Trinajstić information content (AvgIpc) is 3.22. The lowest BCUT2D eigenvalue weighted by atomic mass is 10.1. The molecule has 0 aliphatic carbocycles. The molecule has 0 fully saturated rings. The Morgan fingerprint density at radius 3 is 2.45 bits per heavy atom. The van der Waals surface area contributed by atoms with Gasteiger partial charge in [-0.05, 0) is 18.9 Å². The molecular formula is C22H27IN4OS. The van der Waals surface area contributed by atoms with Gasteiger partial charge in [-0.15, -0.1) is 35.3 Å². The highest BCUT2D eigenvalue weighted by molar-refractivity contribution is 14.0. The van der Waals surface area contributed by atoms with E-state index in [4.69, 9.17) is 0 Å². The van der Waals surface area contributed by atoms with Crippen LogP contribution in [-0.4, -0.2) is 29.1 Å². The van der Waals surface area contributed by atoms with Crippen molar-refractivity contribution in [2.75, 3.05) is 13.1 Å². The van der Waals surface area contributed by atoms with Crippen LogP contribution in [0.15, 0.2) is 71.0 Å². The third kappa shape index (κ3) is 7.41. The molecule has 2 aromatic carbocycles. The zero-order valence-electron chi connectivity index (χ0n) is 16.4. The normalized spacial score (nSPS) is 12.1. The van der Waals surface area contributed by atoms with Crippen LogP contribution in [0.4, 0.5) is 0 Å². The number of aromatic nitrogens is 1. The molecule has 0 amide bonds. The topological polar surface area (TPSA) is 69.5 Å². The SMILES string of the molecule is CCNC(=NCc1nc(-c2ccccc2)cs1)NCCC(O)c1ccccc1.I. The Labute approximate surface area is 193 Å². The minimum Gasteiger partial charge on any atom is -0.388 e. The van der Waals surface area contributed by atoms with Gasteiger partial charge in [0.15, 0.2) is 5.96 Å². The van der Waals surface area contributed by atoms with E-state index in [0.29, 0.717) is 19.5 Å². The molecule has 1 heterocycles. The second kappa shape index (κ2) is 12.6. The van der Waals surface area contributed by atoms with Gasteiger partial charge in [0.05, 0.1) is 18.3 Å². The molecular weight excluding hydrogens is 495 g/mol. The summed E-state index contributed by atoms with van der Waals surface area (Å²) >= 11 is 1.62. The molecule has 3 rings (SSSR count). The summed E-state index contributed by atoms with van der Waals surface area (Å²) in [5, 5.41) is 19.8. The number of aliphatic hydroxyl groups is 1.